The molecule has 5 heteroatoms. The molecule has 0 aromatic carbocycles. The van der Waals surface area contributed by atoms with Gasteiger partial charge in [-0.15, -0.1) is 0 Å². The number of hydrogen-bond donors (Lipinski definition) is 1. The quantitative estimate of drug-likeness (QED) is 0.888. The van der Waals surface area contributed by atoms with Crippen molar-refractivity contribution in [3.05, 3.63) is 29.8 Å². The zero-order valence-corrected chi connectivity index (χ0v) is 10.7. The van der Waals surface area contributed by atoms with Crippen LogP contribution in [-0.2, 0) is 9.47 Å². The molecule has 0 saturated carbocycles. The average molecular weight is 267 g/mol. The Bertz CT molecular complexity index is 448. The number of pyridine rings is 1. The highest BCUT2D eigenvalue weighted by atomic mass is 19.1. The molecule has 4 nitrogen and oxygen atoms in total. The molecule has 3 rings (SSSR count). The van der Waals surface area contributed by atoms with Crippen molar-refractivity contribution in [1.82, 2.24) is 4.98 Å². The molecule has 0 bridgehead atoms. The second-order valence-corrected chi connectivity index (χ2v) is 5.43. The second kappa shape index (κ2) is 5.15. The number of ether oxygens (including phenoxy) is 2. The summed E-state index contributed by atoms with van der Waals surface area (Å²) >= 11 is 0. The van der Waals surface area contributed by atoms with Crippen LogP contribution in [0.1, 0.15) is 30.9 Å². The van der Waals surface area contributed by atoms with Gasteiger partial charge in [0.2, 0.25) is 0 Å². The van der Waals surface area contributed by atoms with Crippen molar-refractivity contribution >= 4 is 0 Å². The Balaban J connectivity index is 1.76. The highest BCUT2D eigenvalue weighted by molar-refractivity contribution is 5.17. The zero-order valence-electron chi connectivity index (χ0n) is 10.7. The first-order valence-electron chi connectivity index (χ1n) is 6.69. The molecule has 0 aliphatic carbocycles. The van der Waals surface area contributed by atoms with Gasteiger partial charge in [0.1, 0.15) is 5.82 Å². The number of aliphatic hydroxyl groups excluding tert-OH is 1. The van der Waals surface area contributed by atoms with E-state index in [1.165, 1.54) is 6.20 Å². The monoisotopic (exact) mass is 267 g/mol. The molecule has 0 radical (unpaired) electrons. The van der Waals surface area contributed by atoms with Crippen molar-refractivity contribution < 1.29 is 19.0 Å². The van der Waals surface area contributed by atoms with Crippen molar-refractivity contribution in [3.8, 4) is 0 Å². The molecule has 104 valence electrons. The molecule has 3 unspecified atom stereocenters. The van der Waals surface area contributed by atoms with Crippen LogP contribution in [0.25, 0.3) is 0 Å². The van der Waals surface area contributed by atoms with Gasteiger partial charge in [0.25, 0.3) is 0 Å². The van der Waals surface area contributed by atoms with E-state index in [9.17, 15) is 9.50 Å². The Morgan fingerprint density at radius 1 is 1.47 bits per heavy atom. The lowest BCUT2D eigenvalue weighted by Gasteiger charge is -2.39. The summed E-state index contributed by atoms with van der Waals surface area (Å²) in [6.07, 6.45) is 4.17. The molecule has 19 heavy (non-hydrogen) atoms. The number of halogens is 1. The van der Waals surface area contributed by atoms with Crippen LogP contribution in [0, 0.1) is 11.7 Å². The summed E-state index contributed by atoms with van der Waals surface area (Å²) in [5.41, 5.74) is 0.0592. The maximum Gasteiger partial charge on any atom is 0.147 e. The molecule has 2 fully saturated rings. The standard InChI is InChI=1S/C14H18FNO3/c15-12-8-16-4-1-11(12)13(17)10-2-5-19-14(7-10)3-6-18-9-14/h1,4,8,10,13,17H,2-3,5-7,9H2. The minimum atomic E-state index is -0.802. The minimum absolute atomic E-state index is 0.00681. The molecule has 3 heterocycles. The van der Waals surface area contributed by atoms with Crippen LogP contribution in [-0.4, -0.2) is 35.5 Å². The number of aromatic nitrogens is 1. The van der Waals surface area contributed by atoms with Crippen molar-refractivity contribution in [2.45, 2.75) is 31.0 Å². The Hall–Kier alpha value is -1.04. The van der Waals surface area contributed by atoms with Crippen LogP contribution in [0.2, 0.25) is 0 Å². The van der Waals surface area contributed by atoms with Crippen LogP contribution in [0.3, 0.4) is 0 Å². The van der Waals surface area contributed by atoms with Crippen LogP contribution in [0.5, 0.6) is 0 Å². The van der Waals surface area contributed by atoms with Gasteiger partial charge in [0.15, 0.2) is 0 Å². The maximum atomic E-state index is 13.7. The molecule has 2 saturated heterocycles. The van der Waals surface area contributed by atoms with Crippen molar-refractivity contribution in [1.29, 1.82) is 0 Å². The normalized spacial score (nSPS) is 32.6. The molecule has 1 spiro atoms. The average Bonchev–Trinajstić information content (AvgIpc) is 2.86. The van der Waals surface area contributed by atoms with E-state index in [0.717, 1.165) is 25.5 Å². The van der Waals surface area contributed by atoms with E-state index >= 15 is 0 Å². The highest BCUT2D eigenvalue weighted by Gasteiger charge is 2.43. The molecule has 1 aromatic rings. The van der Waals surface area contributed by atoms with E-state index in [1.807, 2.05) is 0 Å². The van der Waals surface area contributed by atoms with E-state index in [-0.39, 0.29) is 11.5 Å². The Morgan fingerprint density at radius 3 is 3.11 bits per heavy atom. The molecule has 1 N–H and O–H groups in total. The first kappa shape index (κ1) is 13.0. The lowest BCUT2D eigenvalue weighted by molar-refractivity contribution is -0.117. The highest BCUT2D eigenvalue weighted by Crippen LogP contribution is 2.41. The summed E-state index contributed by atoms with van der Waals surface area (Å²) in [7, 11) is 0. The van der Waals surface area contributed by atoms with E-state index in [4.69, 9.17) is 9.47 Å². The number of hydrogen-bond acceptors (Lipinski definition) is 4. The van der Waals surface area contributed by atoms with E-state index in [1.54, 1.807) is 6.07 Å². The predicted molar refractivity (Wildman–Crippen MR) is 66.0 cm³/mol. The fourth-order valence-corrected chi connectivity index (χ4v) is 3.08. The van der Waals surface area contributed by atoms with E-state index in [0.29, 0.717) is 25.4 Å². The fourth-order valence-electron chi connectivity index (χ4n) is 3.08. The summed E-state index contributed by atoms with van der Waals surface area (Å²) < 4.78 is 24.9. The maximum absolute atomic E-state index is 13.7. The summed E-state index contributed by atoms with van der Waals surface area (Å²) in [4.78, 5) is 3.71. The molecular weight excluding hydrogens is 249 g/mol. The minimum Gasteiger partial charge on any atom is -0.388 e. The Labute approximate surface area is 111 Å². The molecule has 2 aliphatic rings. The first-order chi connectivity index (χ1) is 9.20. The van der Waals surface area contributed by atoms with E-state index < -0.39 is 11.9 Å². The number of aliphatic hydroxyl groups is 1. The van der Waals surface area contributed by atoms with Gasteiger partial charge in [-0.2, -0.15) is 0 Å². The van der Waals surface area contributed by atoms with Gasteiger partial charge < -0.3 is 14.6 Å². The smallest absolute Gasteiger partial charge is 0.147 e. The topological polar surface area (TPSA) is 51.6 Å². The van der Waals surface area contributed by atoms with Gasteiger partial charge >= 0.3 is 0 Å². The van der Waals surface area contributed by atoms with Gasteiger partial charge in [-0.05, 0) is 24.8 Å². The summed E-state index contributed by atoms with van der Waals surface area (Å²) in [6.45, 7) is 1.87. The molecule has 0 amide bonds. The van der Waals surface area contributed by atoms with Crippen molar-refractivity contribution in [2.75, 3.05) is 19.8 Å². The third-order valence-corrected chi connectivity index (χ3v) is 4.17. The van der Waals surface area contributed by atoms with Crippen LogP contribution < -0.4 is 0 Å². The third-order valence-electron chi connectivity index (χ3n) is 4.17. The fraction of sp³-hybridized carbons (Fsp3) is 0.643. The van der Waals surface area contributed by atoms with Crippen molar-refractivity contribution in [3.63, 3.8) is 0 Å². The molecular formula is C14H18FNO3. The predicted octanol–water partition coefficient (Wildman–Crippen LogP) is 1.84. The van der Waals surface area contributed by atoms with Gasteiger partial charge in [0, 0.05) is 31.4 Å². The Morgan fingerprint density at radius 2 is 2.37 bits per heavy atom. The zero-order chi connectivity index (χ0) is 13.3. The molecule has 1 aromatic heterocycles. The van der Waals surface area contributed by atoms with Gasteiger partial charge in [-0.1, -0.05) is 0 Å². The van der Waals surface area contributed by atoms with Crippen LogP contribution in [0.4, 0.5) is 4.39 Å². The second-order valence-electron chi connectivity index (χ2n) is 5.43. The molecule has 3 atom stereocenters. The van der Waals surface area contributed by atoms with Crippen LogP contribution in [0.15, 0.2) is 18.5 Å². The van der Waals surface area contributed by atoms with Crippen molar-refractivity contribution in [2.24, 2.45) is 5.92 Å². The number of rotatable bonds is 2. The SMILES string of the molecule is OC(c1ccncc1F)C1CCOC2(CCOC2)C1. The summed E-state index contributed by atoms with van der Waals surface area (Å²) in [5, 5.41) is 10.4. The molecule has 2 aliphatic heterocycles. The lowest BCUT2D eigenvalue weighted by Crippen LogP contribution is -2.42. The van der Waals surface area contributed by atoms with Gasteiger partial charge in [0.05, 0.1) is 24.5 Å². The van der Waals surface area contributed by atoms with Gasteiger partial charge in [-0.25, -0.2) is 4.39 Å². The van der Waals surface area contributed by atoms with Crippen LogP contribution >= 0.6 is 0 Å². The lowest BCUT2D eigenvalue weighted by atomic mass is 9.80. The first-order valence-corrected chi connectivity index (χ1v) is 6.69. The third kappa shape index (κ3) is 2.50. The van der Waals surface area contributed by atoms with E-state index in [2.05, 4.69) is 4.98 Å². The Kier molecular flexibility index (Phi) is 3.52. The summed E-state index contributed by atoms with van der Waals surface area (Å²) in [5.74, 6) is -0.439. The summed E-state index contributed by atoms with van der Waals surface area (Å²) in [6, 6.07) is 1.55. The number of nitrogens with zero attached hydrogens (tertiary/aromatic N) is 1. The largest absolute Gasteiger partial charge is 0.388 e. The van der Waals surface area contributed by atoms with Gasteiger partial charge in [-0.3, -0.25) is 4.98 Å².